The number of likely N-dealkylation sites (tertiary alicyclic amines) is 1. The van der Waals surface area contributed by atoms with Crippen molar-refractivity contribution in [2.45, 2.75) is 40.2 Å². The Morgan fingerprint density at radius 2 is 1.65 bits per heavy atom. The zero-order valence-corrected chi connectivity index (χ0v) is 19.6. The molecule has 1 aliphatic heterocycles. The molecule has 0 bridgehead atoms. The minimum Gasteiger partial charge on any atom is -0.339 e. The molecule has 1 saturated heterocycles. The molecular formula is C27H37N3O. The molecule has 1 heterocycles. The number of carbonyl (C=O) groups is 1. The smallest absolute Gasteiger partial charge is 0.253 e. The van der Waals surface area contributed by atoms with Gasteiger partial charge in [0.05, 0.1) is 0 Å². The summed E-state index contributed by atoms with van der Waals surface area (Å²) in [5, 5.41) is 0. The third-order valence-corrected chi connectivity index (χ3v) is 6.25. The van der Waals surface area contributed by atoms with Crippen molar-refractivity contribution >= 4 is 17.3 Å². The van der Waals surface area contributed by atoms with Crippen LogP contribution in [0.5, 0.6) is 0 Å². The fourth-order valence-corrected chi connectivity index (χ4v) is 4.71. The molecule has 0 spiro atoms. The number of amides is 1. The van der Waals surface area contributed by atoms with Gasteiger partial charge in [0.2, 0.25) is 0 Å². The third kappa shape index (κ3) is 5.56. The first-order chi connectivity index (χ1) is 14.9. The highest BCUT2D eigenvalue weighted by Gasteiger charge is 2.31. The summed E-state index contributed by atoms with van der Waals surface area (Å²) in [6, 6.07) is 19.2. The van der Waals surface area contributed by atoms with E-state index in [1.54, 1.807) is 0 Å². The van der Waals surface area contributed by atoms with Crippen LogP contribution in [0.4, 0.5) is 11.4 Å². The predicted octanol–water partition coefficient (Wildman–Crippen LogP) is 5.59. The zero-order valence-electron chi connectivity index (χ0n) is 19.6. The lowest BCUT2D eigenvalue weighted by Gasteiger charge is -2.44. The molecule has 4 nitrogen and oxygen atoms in total. The average Bonchev–Trinajstić information content (AvgIpc) is 2.77. The van der Waals surface area contributed by atoms with E-state index in [0.717, 1.165) is 50.4 Å². The molecule has 1 amide bonds. The van der Waals surface area contributed by atoms with Gasteiger partial charge in [-0.3, -0.25) is 9.69 Å². The highest BCUT2D eigenvalue weighted by molar-refractivity contribution is 5.94. The van der Waals surface area contributed by atoms with Crippen molar-refractivity contribution in [2.24, 2.45) is 5.92 Å². The molecule has 31 heavy (non-hydrogen) atoms. The molecule has 0 radical (unpaired) electrons. The third-order valence-electron chi connectivity index (χ3n) is 6.25. The van der Waals surface area contributed by atoms with E-state index < -0.39 is 0 Å². The van der Waals surface area contributed by atoms with Gasteiger partial charge >= 0.3 is 0 Å². The second-order valence-corrected chi connectivity index (χ2v) is 8.76. The Bertz CT molecular complexity index is 858. The Balaban J connectivity index is 1.87. The van der Waals surface area contributed by atoms with Crippen LogP contribution in [-0.2, 0) is 0 Å². The quantitative estimate of drug-likeness (QED) is 0.522. The number of rotatable bonds is 8. The van der Waals surface area contributed by atoms with Gasteiger partial charge in [-0.2, -0.15) is 0 Å². The van der Waals surface area contributed by atoms with Gasteiger partial charge in [0.25, 0.3) is 5.91 Å². The zero-order chi connectivity index (χ0) is 22.4. The highest BCUT2D eigenvalue weighted by atomic mass is 16.2. The standard InChI is InChI=1S/C27H37N3O/c1-6-29(7-2)27(31)23-13-15-25(16-14-23)30(24-11-9-8-10-12-24)26-17-18-28(19-21(3)4)20-22(26)5/h8-16,22,26H,3,6-7,17-20H2,1-2,4-5H3/t22-,26+/m1/s1. The Labute approximate surface area is 188 Å². The summed E-state index contributed by atoms with van der Waals surface area (Å²) in [6.45, 7) is 17.2. The van der Waals surface area contributed by atoms with Crippen LogP contribution in [0.1, 0.15) is 44.5 Å². The van der Waals surface area contributed by atoms with Crippen LogP contribution in [0.25, 0.3) is 0 Å². The number of carbonyl (C=O) groups excluding carboxylic acids is 1. The first-order valence-electron chi connectivity index (χ1n) is 11.5. The first-order valence-corrected chi connectivity index (χ1v) is 11.5. The van der Waals surface area contributed by atoms with Crippen molar-refractivity contribution in [3.8, 4) is 0 Å². The van der Waals surface area contributed by atoms with Crippen molar-refractivity contribution in [3.05, 3.63) is 72.3 Å². The fourth-order valence-electron chi connectivity index (χ4n) is 4.71. The number of anilines is 2. The van der Waals surface area contributed by atoms with E-state index in [0.29, 0.717) is 12.0 Å². The lowest BCUT2D eigenvalue weighted by atomic mass is 9.91. The van der Waals surface area contributed by atoms with Crippen molar-refractivity contribution in [1.82, 2.24) is 9.80 Å². The monoisotopic (exact) mass is 419 g/mol. The van der Waals surface area contributed by atoms with Crippen molar-refractivity contribution in [1.29, 1.82) is 0 Å². The first kappa shape index (κ1) is 23.1. The van der Waals surface area contributed by atoms with Crippen molar-refractivity contribution in [3.63, 3.8) is 0 Å². The second kappa shape index (κ2) is 10.6. The SMILES string of the molecule is C=C(C)CN1CC[C@H](N(c2ccccc2)c2ccc(C(=O)N(CC)CC)cc2)[C@H](C)C1. The Kier molecular flexibility index (Phi) is 7.91. The molecule has 0 saturated carbocycles. The van der Waals surface area contributed by atoms with Crippen LogP contribution >= 0.6 is 0 Å². The van der Waals surface area contributed by atoms with Gasteiger partial charge in [0.1, 0.15) is 0 Å². The van der Waals surface area contributed by atoms with Gasteiger partial charge in [-0.15, -0.1) is 0 Å². The maximum absolute atomic E-state index is 12.7. The van der Waals surface area contributed by atoms with Crippen LogP contribution in [0.3, 0.4) is 0 Å². The van der Waals surface area contributed by atoms with Crippen molar-refractivity contribution in [2.75, 3.05) is 37.6 Å². The molecule has 0 unspecified atom stereocenters. The molecule has 0 aliphatic carbocycles. The van der Waals surface area contributed by atoms with E-state index in [4.69, 9.17) is 0 Å². The van der Waals surface area contributed by atoms with Gasteiger partial charge in [0, 0.05) is 55.7 Å². The summed E-state index contributed by atoms with van der Waals surface area (Å²) >= 11 is 0. The van der Waals surface area contributed by atoms with Crippen LogP contribution in [0.15, 0.2) is 66.7 Å². The van der Waals surface area contributed by atoms with E-state index in [9.17, 15) is 4.79 Å². The number of para-hydroxylation sites is 1. The molecule has 4 heteroatoms. The van der Waals surface area contributed by atoms with Crippen LogP contribution in [0.2, 0.25) is 0 Å². The predicted molar refractivity (Wildman–Crippen MR) is 131 cm³/mol. The normalized spacial score (nSPS) is 19.1. The van der Waals surface area contributed by atoms with E-state index in [1.807, 2.05) is 30.9 Å². The lowest BCUT2D eigenvalue weighted by Crippen LogP contribution is -2.49. The Morgan fingerprint density at radius 1 is 1.03 bits per heavy atom. The lowest BCUT2D eigenvalue weighted by molar-refractivity contribution is 0.0773. The minimum absolute atomic E-state index is 0.101. The van der Waals surface area contributed by atoms with Gasteiger partial charge < -0.3 is 9.80 Å². The van der Waals surface area contributed by atoms with Gasteiger partial charge in [-0.05, 0) is 69.5 Å². The van der Waals surface area contributed by atoms with E-state index in [1.165, 1.54) is 11.3 Å². The Morgan fingerprint density at radius 3 is 2.19 bits per heavy atom. The van der Waals surface area contributed by atoms with Gasteiger partial charge in [-0.1, -0.05) is 37.3 Å². The molecule has 0 aromatic heterocycles. The van der Waals surface area contributed by atoms with E-state index in [2.05, 4.69) is 72.7 Å². The Hall–Kier alpha value is -2.59. The van der Waals surface area contributed by atoms with E-state index in [-0.39, 0.29) is 5.91 Å². The minimum atomic E-state index is 0.101. The van der Waals surface area contributed by atoms with Crippen molar-refractivity contribution < 1.29 is 4.79 Å². The summed E-state index contributed by atoms with van der Waals surface area (Å²) in [7, 11) is 0. The van der Waals surface area contributed by atoms with Crippen LogP contribution in [-0.4, -0.2) is 54.5 Å². The molecule has 2 aromatic carbocycles. The van der Waals surface area contributed by atoms with Crippen LogP contribution in [0, 0.1) is 5.92 Å². The van der Waals surface area contributed by atoms with Gasteiger partial charge in [-0.25, -0.2) is 0 Å². The molecular weight excluding hydrogens is 382 g/mol. The molecule has 2 atom stereocenters. The van der Waals surface area contributed by atoms with Crippen LogP contribution < -0.4 is 4.90 Å². The number of hydrogen-bond donors (Lipinski definition) is 0. The molecule has 2 aromatic rings. The summed E-state index contributed by atoms with van der Waals surface area (Å²) < 4.78 is 0. The molecule has 0 N–H and O–H groups in total. The maximum atomic E-state index is 12.7. The fraction of sp³-hybridized carbons (Fsp3) is 0.444. The summed E-state index contributed by atoms with van der Waals surface area (Å²) in [6.07, 6.45) is 1.10. The number of nitrogens with zero attached hydrogens (tertiary/aromatic N) is 3. The van der Waals surface area contributed by atoms with E-state index >= 15 is 0 Å². The highest BCUT2D eigenvalue weighted by Crippen LogP contribution is 2.34. The largest absolute Gasteiger partial charge is 0.339 e. The second-order valence-electron chi connectivity index (χ2n) is 8.76. The average molecular weight is 420 g/mol. The summed E-state index contributed by atoms with van der Waals surface area (Å²) in [4.78, 5) is 19.6. The number of piperidine rings is 1. The topological polar surface area (TPSA) is 26.8 Å². The molecule has 166 valence electrons. The maximum Gasteiger partial charge on any atom is 0.253 e. The number of hydrogen-bond acceptors (Lipinski definition) is 3. The summed E-state index contributed by atoms with van der Waals surface area (Å²) in [5.41, 5.74) is 4.33. The molecule has 3 rings (SSSR count). The van der Waals surface area contributed by atoms with Gasteiger partial charge in [0.15, 0.2) is 0 Å². The molecule has 1 fully saturated rings. The molecule has 1 aliphatic rings. The summed E-state index contributed by atoms with van der Waals surface area (Å²) in [5.74, 6) is 0.620. The number of benzene rings is 2.